The van der Waals surface area contributed by atoms with Crippen molar-refractivity contribution in [3.63, 3.8) is 0 Å². The molecule has 10 nitrogen and oxygen atoms in total. The lowest BCUT2D eigenvalue weighted by Crippen LogP contribution is -2.43. The maximum absolute atomic E-state index is 12.7. The van der Waals surface area contributed by atoms with Crippen LogP contribution in [0.2, 0.25) is 0 Å². The molecule has 1 atom stereocenters. The highest BCUT2D eigenvalue weighted by molar-refractivity contribution is 8.18. The van der Waals surface area contributed by atoms with E-state index in [1.165, 1.54) is 0 Å². The van der Waals surface area contributed by atoms with E-state index >= 15 is 0 Å². The van der Waals surface area contributed by atoms with Gasteiger partial charge >= 0.3 is 5.97 Å². The van der Waals surface area contributed by atoms with Gasteiger partial charge in [-0.2, -0.15) is 0 Å². The normalized spacial score (nSPS) is 18.1. The second-order valence-electron chi connectivity index (χ2n) is 7.90. The van der Waals surface area contributed by atoms with E-state index in [0.29, 0.717) is 56.4 Å². The van der Waals surface area contributed by atoms with Crippen molar-refractivity contribution in [2.24, 2.45) is 0 Å². The first-order chi connectivity index (χ1) is 16.8. The van der Waals surface area contributed by atoms with Gasteiger partial charge in [0, 0.05) is 13.1 Å². The molecule has 2 heterocycles. The Hall–Kier alpha value is -3.05. The van der Waals surface area contributed by atoms with Gasteiger partial charge in [0.2, 0.25) is 0 Å². The van der Waals surface area contributed by atoms with Gasteiger partial charge in [-0.05, 0) is 55.8 Å². The van der Waals surface area contributed by atoms with Crippen LogP contribution in [0.3, 0.4) is 0 Å². The van der Waals surface area contributed by atoms with Crippen LogP contribution in [-0.4, -0.2) is 85.0 Å². The number of amides is 3. The van der Waals surface area contributed by atoms with Gasteiger partial charge in [-0.15, -0.1) is 0 Å². The SMILES string of the molecule is CCOc1cc(/C=C2\SC(=O)N(CC(=O)O[C@H](C)CC)C2=O)ccc1OCC(=O)N1CCOCC1. The van der Waals surface area contributed by atoms with E-state index in [1.54, 1.807) is 36.1 Å². The number of nitrogens with zero attached hydrogens (tertiary/aromatic N) is 2. The molecule has 0 spiro atoms. The Kier molecular flexibility index (Phi) is 9.55. The predicted octanol–water partition coefficient (Wildman–Crippen LogP) is 2.70. The third-order valence-electron chi connectivity index (χ3n) is 5.35. The summed E-state index contributed by atoms with van der Waals surface area (Å²) >= 11 is 0.755. The number of morpholine rings is 1. The number of carbonyl (C=O) groups is 4. The van der Waals surface area contributed by atoms with E-state index in [1.807, 2.05) is 13.8 Å². The highest BCUT2D eigenvalue weighted by Crippen LogP contribution is 2.34. The molecule has 1 aromatic rings. The molecule has 0 aromatic heterocycles. The molecular formula is C24H30N2O8S. The summed E-state index contributed by atoms with van der Waals surface area (Å²) in [6.07, 6.45) is 1.90. The van der Waals surface area contributed by atoms with Gasteiger partial charge in [-0.25, -0.2) is 0 Å². The number of ether oxygens (including phenoxy) is 4. The molecule has 0 radical (unpaired) electrons. The summed E-state index contributed by atoms with van der Waals surface area (Å²) in [5.74, 6) is -0.524. The average Bonchev–Trinajstić information content (AvgIpc) is 3.11. The minimum absolute atomic E-state index is 0.134. The van der Waals surface area contributed by atoms with E-state index in [0.717, 1.165) is 16.7 Å². The van der Waals surface area contributed by atoms with Crippen LogP contribution in [0.4, 0.5) is 4.79 Å². The first-order valence-corrected chi connectivity index (χ1v) is 12.3. The van der Waals surface area contributed by atoms with Crippen LogP contribution in [0.25, 0.3) is 6.08 Å². The maximum Gasteiger partial charge on any atom is 0.326 e. The molecule has 2 aliphatic heterocycles. The Morgan fingerprint density at radius 3 is 2.57 bits per heavy atom. The predicted molar refractivity (Wildman–Crippen MR) is 129 cm³/mol. The Bertz CT molecular complexity index is 990. The standard InChI is InChI=1S/C24H30N2O8S/c1-4-16(3)34-22(28)14-26-23(29)20(35-24(26)30)13-17-6-7-18(19(12-17)32-5-2)33-15-21(27)25-8-10-31-11-9-25/h6-7,12-13,16H,4-5,8-11,14-15H2,1-3H3/b20-13-/t16-/m1/s1. The number of carbonyl (C=O) groups excluding carboxylic acids is 4. The zero-order chi connectivity index (χ0) is 25.4. The lowest BCUT2D eigenvalue weighted by atomic mass is 10.2. The van der Waals surface area contributed by atoms with Crippen LogP contribution in [0.15, 0.2) is 23.1 Å². The van der Waals surface area contributed by atoms with Gasteiger partial charge in [0.25, 0.3) is 17.1 Å². The summed E-state index contributed by atoms with van der Waals surface area (Å²) in [6, 6.07) is 5.02. The van der Waals surface area contributed by atoms with Crippen molar-refractivity contribution >= 4 is 40.9 Å². The largest absolute Gasteiger partial charge is 0.490 e. The van der Waals surface area contributed by atoms with Crippen LogP contribution < -0.4 is 9.47 Å². The third-order valence-corrected chi connectivity index (χ3v) is 6.26. The number of rotatable bonds is 10. The minimum Gasteiger partial charge on any atom is -0.490 e. The molecule has 0 saturated carbocycles. The fourth-order valence-electron chi connectivity index (χ4n) is 3.31. The van der Waals surface area contributed by atoms with Crippen molar-refractivity contribution in [3.05, 3.63) is 28.7 Å². The first-order valence-electron chi connectivity index (χ1n) is 11.5. The highest BCUT2D eigenvalue weighted by atomic mass is 32.2. The van der Waals surface area contributed by atoms with Crippen LogP contribution in [0.5, 0.6) is 11.5 Å². The summed E-state index contributed by atoms with van der Waals surface area (Å²) in [6.45, 7) is 7.32. The van der Waals surface area contributed by atoms with Crippen LogP contribution in [0.1, 0.15) is 32.8 Å². The monoisotopic (exact) mass is 506 g/mol. The molecule has 0 unspecified atom stereocenters. The minimum atomic E-state index is -0.630. The van der Waals surface area contributed by atoms with Gasteiger partial charge in [0.1, 0.15) is 6.54 Å². The lowest BCUT2D eigenvalue weighted by molar-refractivity contribution is -0.150. The lowest BCUT2D eigenvalue weighted by Gasteiger charge is -2.26. The molecule has 1 aromatic carbocycles. The maximum atomic E-state index is 12.7. The van der Waals surface area contributed by atoms with Gasteiger partial charge in [0.05, 0.1) is 30.8 Å². The second kappa shape index (κ2) is 12.6. The molecular weight excluding hydrogens is 476 g/mol. The molecule has 2 fully saturated rings. The highest BCUT2D eigenvalue weighted by Gasteiger charge is 2.37. The summed E-state index contributed by atoms with van der Waals surface area (Å²) in [4.78, 5) is 52.2. The molecule has 3 amide bonds. The molecule has 0 aliphatic carbocycles. The van der Waals surface area contributed by atoms with Crippen molar-refractivity contribution in [2.75, 3.05) is 46.1 Å². The van der Waals surface area contributed by atoms with Crippen molar-refractivity contribution in [3.8, 4) is 11.5 Å². The van der Waals surface area contributed by atoms with Crippen molar-refractivity contribution in [1.29, 1.82) is 0 Å². The topological polar surface area (TPSA) is 112 Å². The average molecular weight is 507 g/mol. The molecule has 0 bridgehead atoms. The Morgan fingerprint density at radius 2 is 1.89 bits per heavy atom. The fourth-order valence-corrected chi connectivity index (χ4v) is 4.15. The summed E-state index contributed by atoms with van der Waals surface area (Å²) in [5.41, 5.74) is 0.605. The summed E-state index contributed by atoms with van der Waals surface area (Å²) in [5, 5.41) is -0.533. The first kappa shape index (κ1) is 26.6. The van der Waals surface area contributed by atoms with Crippen molar-refractivity contribution in [2.45, 2.75) is 33.3 Å². The van der Waals surface area contributed by atoms with E-state index < -0.39 is 23.7 Å². The molecule has 2 saturated heterocycles. The smallest absolute Gasteiger partial charge is 0.326 e. The Balaban J connectivity index is 1.67. The molecule has 35 heavy (non-hydrogen) atoms. The molecule has 3 rings (SSSR count). The number of imide groups is 1. The summed E-state index contributed by atoms with van der Waals surface area (Å²) < 4.78 is 21.8. The van der Waals surface area contributed by atoms with Gasteiger partial charge < -0.3 is 23.8 Å². The van der Waals surface area contributed by atoms with Gasteiger partial charge in [0.15, 0.2) is 18.1 Å². The quantitative estimate of drug-likeness (QED) is 0.349. The number of esters is 1. The third kappa shape index (κ3) is 7.22. The number of hydrogen-bond donors (Lipinski definition) is 0. The van der Waals surface area contributed by atoms with E-state index in [4.69, 9.17) is 18.9 Å². The Morgan fingerprint density at radius 1 is 1.14 bits per heavy atom. The van der Waals surface area contributed by atoms with E-state index in [9.17, 15) is 19.2 Å². The van der Waals surface area contributed by atoms with Crippen molar-refractivity contribution < 1.29 is 38.1 Å². The molecule has 0 N–H and O–H groups in total. The zero-order valence-electron chi connectivity index (χ0n) is 20.1. The zero-order valence-corrected chi connectivity index (χ0v) is 20.9. The van der Waals surface area contributed by atoms with Crippen molar-refractivity contribution in [1.82, 2.24) is 9.80 Å². The van der Waals surface area contributed by atoms with E-state index in [2.05, 4.69) is 0 Å². The number of thioether (sulfide) groups is 1. The summed E-state index contributed by atoms with van der Waals surface area (Å²) in [7, 11) is 0. The number of benzene rings is 1. The van der Waals surface area contributed by atoms with Gasteiger partial charge in [-0.1, -0.05) is 13.0 Å². The fraction of sp³-hybridized carbons (Fsp3) is 0.500. The molecule has 190 valence electrons. The van der Waals surface area contributed by atoms with Gasteiger partial charge in [-0.3, -0.25) is 24.1 Å². The molecule has 11 heteroatoms. The van der Waals surface area contributed by atoms with Crippen LogP contribution >= 0.6 is 11.8 Å². The molecule has 2 aliphatic rings. The second-order valence-corrected chi connectivity index (χ2v) is 8.89. The number of hydrogen-bond acceptors (Lipinski definition) is 9. The van der Waals surface area contributed by atoms with E-state index in [-0.39, 0.29) is 23.5 Å². The van der Waals surface area contributed by atoms with Crippen LogP contribution in [0, 0.1) is 0 Å². The van der Waals surface area contributed by atoms with Crippen LogP contribution in [-0.2, 0) is 23.9 Å². The Labute approximate surface area is 208 Å².